The molecule has 1 aliphatic heterocycles. The average molecular weight is 438 g/mol. The summed E-state index contributed by atoms with van der Waals surface area (Å²) in [6.07, 6.45) is 0. The third-order valence-corrected chi connectivity index (χ3v) is 5.93. The molecule has 2 aromatic carbocycles. The topological polar surface area (TPSA) is 51.5 Å². The van der Waals surface area contributed by atoms with Crippen molar-refractivity contribution in [2.45, 2.75) is 19.8 Å². The number of alkyl halides is 2. The Kier molecular flexibility index (Phi) is 5.36. The second kappa shape index (κ2) is 7.89. The molecule has 7 heteroatoms. The first kappa shape index (κ1) is 21.7. The van der Waals surface area contributed by atoms with Crippen LogP contribution in [-0.4, -0.2) is 47.5 Å². The number of nitrogens with zero attached hydrogens (tertiary/aromatic N) is 2. The number of hydrogen-bond acceptors (Lipinski definition) is 3. The Morgan fingerprint density at radius 2 is 1.75 bits per heavy atom. The third-order valence-electron chi connectivity index (χ3n) is 5.93. The highest BCUT2D eigenvalue weighted by molar-refractivity contribution is 6.14. The Morgan fingerprint density at radius 3 is 2.44 bits per heavy atom. The van der Waals surface area contributed by atoms with E-state index < -0.39 is 24.0 Å². The van der Waals surface area contributed by atoms with Crippen LogP contribution in [-0.2, 0) is 16.6 Å². The molecule has 0 aliphatic carbocycles. The highest BCUT2D eigenvalue weighted by Gasteiger charge is 2.49. The maximum absolute atomic E-state index is 15.6. The summed E-state index contributed by atoms with van der Waals surface area (Å²) >= 11 is 0. The van der Waals surface area contributed by atoms with Gasteiger partial charge in [-0.15, -0.1) is 0 Å². The van der Waals surface area contributed by atoms with E-state index >= 15 is 8.78 Å². The van der Waals surface area contributed by atoms with Gasteiger partial charge in [0.1, 0.15) is 0 Å². The second-order valence-electron chi connectivity index (χ2n) is 7.92. The zero-order chi connectivity index (χ0) is 23.2. The summed E-state index contributed by atoms with van der Waals surface area (Å²) in [5.74, 6) is -5.91. The van der Waals surface area contributed by atoms with E-state index in [1.807, 2.05) is 43.3 Å². The lowest BCUT2D eigenvalue weighted by atomic mass is 9.89. The van der Waals surface area contributed by atoms with E-state index in [1.165, 1.54) is 18.9 Å². The van der Waals surface area contributed by atoms with Crippen LogP contribution in [0.1, 0.15) is 34.1 Å². The first-order valence-electron chi connectivity index (χ1n) is 10.4. The summed E-state index contributed by atoms with van der Waals surface area (Å²) < 4.78 is 37.8. The Bertz CT molecular complexity index is 1270. The van der Waals surface area contributed by atoms with Gasteiger partial charge in [-0.3, -0.25) is 4.79 Å². The van der Waals surface area contributed by atoms with Crippen molar-refractivity contribution in [2.24, 2.45) is 7.05 Å². The molecule has 4 rings (SSSR count). The lowest BCUT2D eigenvalue weighted by Crippen LogP contribution is -2.39. The molecule has 0 atom stereocenters. The van der Waals surface area contributed by atoms with Crippen molar-refractivity contribution in [1.82, 2.24) is 9.47 Å². The summed E-state index contributed by atoms with van der Waals surface area (Å²) in [6, 6.07) is 14.4. The number of aromatic nitrogens is 1. The molecule has 0 fully saturated rings. The molecule has 166 valence electrons. The van der Waals surface area contributed by atoms with E-state index in [9.17, 15) is 9.59 Å². The number of carbonyl (C=O) groups excluding carboxylic acids is 2. The molecule has 0 radical (unpaired) electrons. The number of para-hydroxylation sites is 1. The van der Waals surface area contributed by atoms with Crippen molar-refractivity contribution in [1.29, 1.82) is 0 Å². The van der Waals surface area contributed by atoms with Gasteiger partial charge in [-0.25, -0.2) is 4.79 Å². The number of rotatable bonds is 4. The minimum absolute atomic E-state index is 0.171. The lowest BCUT2D eigenvalue weighted by Gasteiger charge is -2.25. The van der Waals surface area contributed by atoms with Gasteiger partial charge in [0.15, 0.2) is 0 Å². The molecule has 5 nitrogen and oxygen atoms in total. The molecule has 1 aromatic heterocycles. The van der Waals surface area contributed by atoms with Gasteiger partial charge < -0.3 is 14.2 Å². The van der Waals surface area contributed by atoms with Crippen molar-refractivity contribution >= 4 is 28.4 Å². The minimum atomic E-state index is -3.92. The summed E-state index contributed by atoms with van der Waals surface area (Å²) in [5, 5.41) is 0.675. The fourth-order valence-electron chi connectivity index (χ4n) is 4.37. The number of carbonyl (C=O) groups is 2. The summed E-state index contributed by atoms with van der Waals surface area (Å²) in [6.45, 7) is 2.73. The van der Waals surface area contributed by atoms with Gasteiger partial charge >= 0.3 is 11.9 Å². The highest BCUT2D eigenvalue weighted by Crippen LogP contribution is 2.43. The predicted octanol–water partition coefficient (Wildman–Crippen LogP) is 4.57. The molecule has 0 spiro atoms. The Morgan fingerprint density at radius 1 is 1.09 bits per heavy atom. The number of likely N-dealkylation sites (N-methyl/N-ethyl adjacent to an activating group) is 1. The third kappa shape index (κ3) is 3.20. The lowest BCUT2D eigenvalue weighted by molar-refractivity contribution is -0.166. The molecule has 0 saturated heterocycles. The van der Waals surface area contributed by atoms with Crippen molar-refractivity contribution in [3.8, 4) is 0 Å². The van der Waals surface area contributed by atoms with Crippen LogP contribution < -0.4 is 0 Å². The van der Waals surface area contributed by atoms with Crippen LogP contribution in [0.15, 0.2) is 54.1 Å². The van der Waals surface area contributed by atoms with Gasteiger partial charge in [-0.2, -0.15) is 8.78 Å². The van der Waals surface area contributed by atoms with E-state index in [1.54, 1.807) is 23.7 Å². The van der Waals surface area contributed by atoms with Gasteiger partial charge in [0.25, 0.3) is 5.91 Å². The SMILES string of the molecule is CCOC(=O)C(F)(F)C1=C(c2ccccc2C)c2c(c3ccccc3n2C)C(=O)N(C)C1. The molecule has 1 aliphatic rings. The second-order valence-corrected chi connectivity index (χ2v) is 7.92. The molecule has 2 heterocycles. The van der Waals surface area contributed by atoms with Crippen LogP contribution in [0, 0.1) is 6.92 Å². The number of halogens is 2. The standard InChI is InChI=1S/C25H24F2N2O3/c1-5-32-24(31)25(26,27)18-14-28(3)23(30)21-17-12-8-9-13-19(17)29(4)22(21)20(18)16-11-7-6-10-15(16)2/h6-13H,5,14H2,1-4H3. The smallest absolute Gasteiger partial charge is 0.381 e. The quantitative estimate of drug-likeness (QED) is 0.561. The van der Waals surface area contributed by atoms with Crippen LogP contribution in [0.3, 0.4) is 0 Å². The van der Waals surface area contributed by atoms with Crippen LogP contribution in [0.2, 0.25) is 0 Å². The number of esters is 1. The van der Waals surface area contributed by atoms with E-state index in [2.05, 4.69) is 0 Å². The number of amides is 1. The molecule has 32 heavy (non-hydrogen) atoms. The summed E-state index contributed by atoms with van der Waals surface area (Å²) in [4.78, 5) is 27.0. The normalized spacial score (nSPS) is 14.6. The maximum atomic E-state index is 15.6. The average Bonchev–Trinajstić information content (AvgIpc) is 2.99. The minimum Gasteiger partial charge on any atom is -0.461 e. The van der Waals surface area contributed by atoms with Crippen molar-refractivity contribution in [2.75, 3.05) is 20.2 Å². The van der Waals surface area contributed by atoms with Gasteiger partial charge in [-0.1, -0.05) is 42.5 Å². The van der Waals surface area contributed by atoms with E-state index in [0.29, 0.717) is 22.2 Å². The molecule has 1 amide bonds. The molecule has 3 aromatic rings. The van der Waals surface area contributed by atoms with Crippen molar-refractivity contribution in [3.05, 3.63) is 76.5 Å². The molecule has 0 saturated carbocycles. The fraction of sp³-hybridized carbons (Fsp3) is 0.280. The van der Waals surface area contributed by atoms with Crippen LogP contribution in [0.4, 0.5) is 8.78 Å². The Labute approximate surface area is 184 Å². The van der Waals surface area contributed by atoms with Gasteiger partial charge in [0.2, 0.25) is 0 Å². The van der Waals surface area contributed by atoms with Crippen LogP contribution in [0.25, 0.3) is 16.5 Å². The van der Waals surface area contributed by atoms with Gasteiger partial charge in [-0.05, 0) is 31.0 Å². The molecule has 0 unspecified atom stereocenters. The Hall–Kier alpha value is -3.48. The molecule has 0 N–H and O–H groups in total. The van der Waals surface area contributed by atoms with E-state index in [0.717, 1.165) is 11.1 Å². The number of hydrogen-bond donors (Lipinski definition) is 0. The van der Waals surface area contributed by atoms with Gasteiger partial charge in [0.05, 0.1) is 17.9 Å². The number of aryl methyl sites for hydroxylation is 2. The van der Waals surface area contributed by atoms with Gasteiger partial charge in [0, 0.05) is 42.7 Å². The predicted molar refractivity (Wildman–Crippen MR) is 119 cm³/mol. The zero-order valence-electron chi connectivity index (χ0n) is 18.4. The van der Waals surface area contributed by atoms with E-state index in [4.69, 9.17) is 4.74 Å². The summed E-state index contributed by atoms with van der Waals surface area (Å²) in [7, 11) is 3.22. The summed E-state index contributed by atoms with van der Waals surface area (Å²) in [5.41, 5.74) is 2.49. The largest absolute Gasteiger partial charge is 0.461 e. The van der Waals surface area contributed by atoms with Crippen LogP contribution in [0.5, 0.6) is 0 Å². The van der Waals surface area contributed by atoms with Crippen LogP contribution >= 0.6 is 0 Å². The zero-order valence-corrected chi connectivity index (χ0v) is 18.4. The molecule has 0 bridgehead atoms. The fourth-order valence-corrected chi connectivity index (χ4v) is 4.37. The van der Waals surface area contributed by atoms with Crippen molar-refractivity contribution < 1.29 is 23.1 Å². The first-order chi connectivity index (χ1) is 15.2. The maximum Gasteiger partial charge on any atom is 0.381 e. The number of benzene rings is 2. The highest BCUT2D eigenvalue weighted by atomic mass is 19.3. The number of ether oxygens (including phenoxy) is 1. The van der Waals surface area contributed by atoms with E-state index in [-0.39, 0.29) is 18.1 Å². The Balaban J connectivity index is 2.19. The monoisotopic (exact) mass is 438 g/mol. The molecular weight excluding hydrogens is 414 g/mol. The number of fused-ring (bicyclic) bond motifs is 3. The first-order valence-corrected chi connectivity index (χ1v) is 10.4. The van der Waals surface area contributed by atoms with Crippen molar-refractivity contribution in [3.63, 3.8) is 0 Å². The molecular formula is C25H24F2N2O3.